The Kier molecular flexibility index (Phi) is 5.24. The van der Waals surface area contributed by atoms with Crippen LogP contribution in [0.15, 0.2) is 24.3 Å². The maximum absolute atomic E-state index is 12.7. The average molecular weight is 296 g/mol. The zero-order valence-electron chi connectivity index (χ0n) is 10.4. The predicted molar refractivity (Wildman–Crippen MR) is 69.5 cm³/mol. The molecule has 6 heteroatoms. The SMILES string of the molecule is Cl.NCC1(c2cccc(C(F)(F)F)c2)CCOCC1. The van der Waals surface area contributed by atoms with Gasteiger partial charge in [0.05, 0.1) is 5.56 Å². The van der Waals surface area contributed by atoms with Crippen molar-refractivity contribution in [3.63, 3.8) is 0 Å². The Hall–Kier alpha value is -0.780. The molecule has 2 nitrogen and oxygen atoms in total. The largest absolute Gasteiger partial charge is 0.416 e. The Bertz CT molecular complexity index is 417. The summed E-state index contributed by atoms with van der Waals surface area (Å²) in [6.07, 6.45) is -2.97. The summed E-state index contributed by atoms with van der Waals surface area (Å²) in [5, 5.41) is 0. The van der Waals surface area contributed by atoms with Gasteiger partial charge in [-0.3, -0.25) is 0 Å². The van der Waals surface area contributed by atoms with Gasteiger partial charge in [-0.25, -0.2) is 0 Å². The fourth-order valence-electron chi connectivity index (χ4n) is 2.40. The number of alkyl halides is 3. The van der Waals surface area contributed by atoms with Crippen molar-refractivity contribution in [2.24, 2.45) is 5.73 Å². The first kappa shape index (κ1) is 16.3. The van der Waals surface area contributed by atoms with E-state index in [-0.39, 0.29) is 17.8 Å². The van der Waals surface area contributed by atoms with E-state index in [1.165, 1.54) is 12.1 Å². The van der Waals surface area contributed by atoms with Crippen LogP contribution in [0.25, 0.3) is 0 Å². The third kappa shape index (κ3) is 3.41. The lowest BCUT2D eigenvalue weighted by Gasteiger charge is -2.37. The molecule has 0 radical (unpaired) electrons. The van der Waals surface area contributed by atoms with Crippen LogP contribution in [0.3, 0.4) is 0 Å². The van der Waals surface area contributed by atoms with E-state index in [2.05, 4.69) is 0 Å². The van der Waals surface area contributed by atoms with Crippen molar-refractivity contribution < 1.29 is 17.9 Å². The fourth-order valence-corrected chi connectivity index (χ4v) is 2.40. The summed E-state index contributed by atoms with van der Waals surface area (Å²) in [5.74, 6) is 0. The van der Waals surface area contributed by atoms with Gasteiger partial charge in [-0.2, -0.15) is 13.2 Å². The fraction of sp³-hybridized carbons (Fsp3) is 0.538. The highest BCUT2D eigenvalue weighted by Crippen LogP contribution is 2.37. The molecule has 1 aromatic carbocycles. The summed E-state index contributed by atoms with van der Waals surface area (Å²) in [7, 11) is 0. The molecule has 0 unspecified atom stereocenters. The molecule has 2 N–H and O–H groups in total. The average Bonchev–Trinajstić information content (AvgIpc) is 2.39. The van der Waals surface area contributed by atoms with Gasteiger partial charge in [-0.1, -0.05) is 18.2 Å². The van der Waals surface area contributed by atoms with Crippen LogP contribution in [0.4, 0.5) is 13.2 Å². The smallest absolute Gasteiger partial charge is 0.381 e. The van der Waals surface area contributed by atoms with Crippen LogP contribution in [-0.4, -0.2) is 19.8 Å². The molecule has 1 heterocycles. The first-order chi connectivity index (χ1) is 8.48. The second-order valence-corrected chi connectivity index (χ2v) is 4.68. The molecular formula is C13H17ClF3NO. The van der Waals surface area contributed by atoms with Crippen LogP contribution in [-0.2, 0) is 16.3 Å². The predicted octanol–water partition coefficient (Wildman–Crippen LogP) is 3.13. The molecule has 0 atom stereocenters. The van der Waals surface area contributed by atoms with Crippen molar-refractivity contribution in [3.05, 3.63) is 35.4 Å². The molecule has 1 aliphatic rings. The van der Waals surface area contributed by atoms with E-state index in [0.29, 0.717) is 38.2 Å². The molecule has 2 rings (SSSR count). The van der Waals surface area contributed by atoms with Gasteiger partial charge in [0.15, 0.2) is 0 Å². The van der Waals surface area contributed by atoms with Gasteiger partial charge in [-0.05, 0) is 24.5 Å². The Labute approximate surface area is 116 Å². The molecule has 108 valence electrons. The molecule has 19 heavy (non-hydrogen) atoms. The maximum atomic E-state index is 12.7. The number of ether oxygens (including phenoxy) is 1. The van der Waals surface area contributed by atoms with Crippen molar-refractivity contribution in [3.8, 4) is 0 Å². The Morgan fingerprint density at radius 1 is 1.21 bits per heavy atom. The summed E-state index contributed by atoms with van der Waals surface area (Å²) < 4.78 is 43.4. The van der Waals surface area contributed by atoms with E-state index in [1.54, 1.807) is 6.07 Å². The number of benzene rings is 1. The van der Waals surface area contributed by atoms with E-state index in [9.17, 15) is 13.2 Å². The monoisotopic (exact) mass is 295 g/mol. The first-order valence-corrected chi connectivity index (χ1v) is 5.93. The molecule has 0 spiro atoms. The van der Waals surface area contributed by atoms with Crippen LogP contribution >= 0.6 is 12.4 Å². The van der Waals surface area contributed by atoms with Crippen LogP contribution in [0.5, 0.6) is 0 Å². The van der Waals surface area contributed by atoms with Crippen molar-refractivity contribution >= 4 is 12.4 Å². The standard InChI is InChI=1S/C13H16F3NO.ClH/c14-13(15,16)11-3-1-2-10(8-11)12(9-17)4-6-18-7-5-12;/h1-3,8H,4-7,9,17H2;1H. The number of hydrogen-bond acceptors (Lipinski definition) is 2. The van der Waals surface area contributed by atoms with Crippen LogP contribution in [0, 0.1) is 0 Å². The van der Waals surface area contributed by atoms with Gasteiger partial charge >= 0.3 is 6.18 Å². The van der Waals surface area contributed by atoms with E-state index in [1.807, 2.05) is 0 Å². The molecule has 1 saturated heterocycles. The molecule has 0 aromatic heterocycles. The number of rotatable bonds is 2. The highest BCUT2D eigenvalue weighted by atomic mass is 35.5. The van der Waals surface area contributed by atoms with Gasteiger partial charge in [0, 0.05) is 25.2 Å². The summed E-state index contributed by atoms with van der Waals surface area (Å²) in [5.41, 5.74) is 5.47. The van der Waals surface area contributed by atoms with Crippen molar-refractivity contribution in [1.29, 1.82) is 0 Å². The third-order valence-electron chi connectivity index (χ3n) is 3.64. The van der Waals surface area contributed by atoms with E-state index < -0.39 is 11.7 Å². The van der Waals surface area contributed by atoms with Gasteiger partial charge < -0.3 is 10.5 Å². The minimum Gasteiger partial charge on any atom is -0.381 e. The van der Waals surface area contributed by atoms with E-state index >= 15 is 0 Å². The van der Waals surface area contributed by atoms with Gasteiger partial charge in [0.25, 0.3) is 0 Å². The summed E-state index contributed by atoms with van der Waals surface area (Å²) in [6, 6.07) is 5.49. The van der Waals surface area contributed by atoms with Crippen LogP contribution in [0.1, 0.15) is 24.0 Å². The minimum absolute atomic E-state index is 0. The summed E-state index contributed by atoms with van der Waals surface area (Å²) in [4.78, 5) is 0. The topological polar surface area (TPSA) is 35.2 Å². The van der Waals surface area contributed by atoms with Gasteiger partial charge in [0.1, 0.15) is 0 Å². The van der Waals surface area contributed by atoms with Crippen molar-refractivity contribution in [1.82, 2.24) is 0 Å². The number of nitrogens with two attached hydrogens (primary N) is 1. The second kappa shape index (κ2) is 6.11. The third-order valence-corrected chi connectivity index (χ3v) is 3.64. The lowest BCUT2D eigenvalue weighted by molar-refractivity contribution is -0.137. The van der Waals surface area contributed by atoms with Crippen LogP contribution in [0.2, 0.25) is 0 Å². The van der Waals surface area contributed by atoms with E-state index in [0.717, 1.165) is 6.07 Å². The lowest BCUT2D eigenvalue weighted by Crippen LogP contribution is -2.40. The van der Waals surface area contributed by atoms with Gasteiger partial charge in [0.2, 0.25) is 0 Å². The molecule has 1 aromatic rings. The molecular weight excluding hydrogens is 279 g/mol. The van der Waals surface area contributed by atoms with Gasteiger partial charge in [-0.15, -0.1) is 12.4 Å². The Morgan fingerprint density at radius 2 is 1.84 bits per heavy atom. The summed E-state index contributed by atoms with van der Waals surface area (Å²) >= 11 is 0. The number of hydrogen-bond donors (Lipinski definition) is 1. The Morgan fingerprint density at radius 3 is 2.37 bits per heavy atom. The minimum atomic E-state index is -4.31. The summed E-state index contributed by atoms with van der Waals surface area (Å²) in [6.45, 7) is 1.44. The highest BCUT2D eigenvalue weighted by molar-refractivity contribution is 5.85. The maximum Gasteiger partial charge on any atom is 0.416 e. The normalized spacial score (nSPS) is 18.7. The van der Waals surface area contributed by atoms with Crippen molar-refractivity contribution in [2.75, 3.05) is 19.8 Å². The molecule has 1 aliphatic heterocycles. The highest BCUT2D eigenvalue weighted by Gasteiger charge is 2.36. The van der Waals surface area contributed by atoms with Crippen molar-refractivity contribution in [2.45, 2.75) is 24.4 Å². The number of halogens is 4. The molecule has 0 amide bonds. The molecule has 0 aliphatic carbocycles. The molecule has 0 bridgehead atoms. The van der Waals surface area contributed by atoms with Crippen LogP contribution < -0.4 is 5.73 Å². The molecule has 1 fully saturated rings. The second-order valence-electron chi connectivity index (χ2n) is 4.68. The van der Waals surface area contributed by atoms with E-state index in [4.69, 9.17) is 10.5 Å². The Balaban J connectivity index is 0.00000180. The lowest BCUT2D eigenvalue weighted by atomic mass is 9.74. The zero-order chi connectivity index (χ0) is 13.2. The quantitative estimate of drug-likeness (QED) is 0.910. The molecule has 0 saturated carbocycles. The zero-order valence-corrected chi connectivity index (χ0v) is 11.2. The first-order valence-electron chi connectivity index (χ1n) is 5.93.